The van der Waals surface area contributed by atoms with E-state index < -0.39 is 5.60 Å². The average Bonchev–Trinajstić information content (AvgIpc) is 2.19. The fraction of sp³-hybridized carbons (Fsp3) is 0.500. The van der Waals surface area contributed by atoms with Crippen LogP contribution in [0.2, 0.25) is 0 Å². The lowest BCUT2D eigenvalue weighted by Crippen LogP contribution is -2.33. The van der Waals surface area contributed by atoms with E-state index >= 15 is 0 Å². The Morgan fingerprint density at radius 1 is 1.47 bits per heavy atom. The molecular formula is C12H17BrN2O2. The van der Waals surface area contributed by atoms with E-state index in [2.05, 4.69) is 20.9 Å². The summed E-state index contributed by atoms with van der Waals surface area (Å²) in [6.45, 7) is 6.02. The van der Waals surface area contributed by atoms with E-state index in [4.69, 9.17) is 4.74 Å². The third-order valence-corrected chi connectivity index (χ3v) is 2.38. The summed E-state index contributed by atoms with van der Waals surface area (Å²) < 4.78 is 6.03. The topological polar surface area (TPSA) is 42.4 Å². The van der Waals surface area contributed by atoms with Crippen LogP contribution in [0.15, 0.2) is 22.9 Å². The average molecular weight is 301 g/mol. The monoisotopic (exact) mass is 300 g/mol. The molecule has 0 atom stereocenters. The van der Waals surface area contributed by atoms with Crippen molar-refractivity contribution in [1.82, 2.24) is 9.88 Å². The van der Waals surface area contributed by atoms with Crippen molar-refractivity contribution in [2.24, 2.45) is 0 Å². The quantitative estimate of drug-likeness (QED) is 0.788. The van der Waals surface area contributed by atoms with Crippen LogP contribution in [0, 0.1) is 0 Å². The number of halogens is 1. The Hall–Kier alpha value is -1.10. The highest BCUT2D eigenvalue weighted by atomic mass is 79.9. The zero-order valence-electron chi connectivity index (χ0n) is 10.5. The van der Waals surface area contributed by atoms with Crippen LogP contribution in [0.1, 0.15) is 26.3 Å². The summed E-state index contributed by atoms with van der Waals surface area (Å²) in [6.07, 6.45) is 1.39. The molecule has 0 radical (unpaired) electrons. The van der Waals surface area contributed by atoms with Gasteiger partial charge in [0.15, 0.2) is 0 Å². The minimum atomic E-state index is -0.469. The molecule has 94 valence electrons. The molecule has 0 aromatic carbocycles. The molecule has 1 aromatic rings. The molecule has 0 spiro atoms. The van der Waals surface area contributed by atoms with Gasteiger partial charge in [-0.3, -0.25) is 0 Å². The maximum Gasteiger partial charge on any atom is 0.410 e. The lowest BCUT2D eigenvalue weighted by molar-refractivity contribution is 0.0285. The van der Waals surface area contributed by atoms with Crippen molar-refractivity contribution >= 4 is 22.0 Å². The fourth-order valence-electron chi connectivity index (χ4n) is 1.18. The van der Waals surface area contributed by atoms with Gasteiger partial charge < -0.3 is 9.64 Å². The van der Waals surface area contributed by atoms with Gasteiger partial charge in [0.2, 0.25) is 0 Å². The Morgan fingerprint density at radius 3 is 2.59 bits per heavy atom. The van der Waals surface area contributed by atoms with Crippen molar-refractivity contribution in [2.75, 3.05) is 7.05 Å². The van der Waals surface area contributed by atoms with Crippen molar-refractivity contribution in [1.29, 1.82) is 0 Å². The molecule has 1 aromatic heterocycles. The predicted octanol–water partition coefficient (Wildman–Crippen LogP) is 3.21. The number of aromatic nitrogens is 1. The first-order chi connectivity index (χ1) is 7.78. The molecule has 17 heavy (non-hydrogen) atoms. The number of pyridine rings is 1. The zero-order valence-corrected chi connectivity index (χ0v) is 12.1. The standard InChI is InChI=1S/C12H17BrN2O2/c1-12(2,3)17-11(16)15(4)8-9-5-6-10(13)14-7-9/h5-7H,8H2,1-4H3. The van der Waals surface area contributed by atoms with Crippen LogP contribution in [-0.4, -0.2) is 28.6 Å². The molecule has 0 fully saturated rings. The maximum atomic E-state index is 11.7. The summed E-state index contributed by atoms with van der Waals surface area (Å²) in [5.41, 5.74) is 0.491. The number of hydrogen-bond donors (Lipinski definition) is 0. The van der Waals surface area contributed by atoms with Gasteiger partial charge in [0.1, 0.15) is 10.2 Å². The fourth-order valence-corrected chi connectivity index (χ4v) is 1.41. The summed E-state index contributed by atoms with van der Waals surface area (Å²) in [5.74, 6) is 0. The number of hydrogen-bond acceptors (Lipinski definition) is 3. The van der Waals surface area contributed by atoms with Gasteiger partial charge in [-0.25, -0.2) is 9.78 Å². The molecule has 0 unspecified atom stereocenters. The lowest BCUT2D eigenvalue weighted by Gasteiger charge is -2.24. The van der Waals surface area contributed by atoms with Crippen LogP contribution in [-0.2, 0) is 11.3 Å². The SMILES string of the molecule is CN(Cc1ccc(Br)nc1)C(=O)OC(C)(C)C. The van der Waals surface area contributed by atoms with Crippen LogP contribution in [0.3, 0.4) is 0 Å². The van der Waals surface area contributed by atoms with E-state index in [1.807, 2.05) is 32.9 Å². The highest BCUT2D eigenvalue weighted by Crippen LogP contribution is 2.12. The van der Waals surface area contributed by atoms with E-state index in [1.165, 1.54) is 4.90 Å². The number of amides is 1. The van der Waals surface area contributed by atoms with Crippen molar-refractivity contribution in [3.8, 4) is 0 Å². The number of rotatable bonds is 2. The van der Waals surface area contributed by atoms with Gasteiger partial charge in [0.05, 0.1) is 6.54 Å². The third-order valence-electron chi connectivity index (χ3n) is 1.91. The minimum absolute atomic E-state index is 0.333. The normalized spacial score (nSPS) is 11.1. The Bertz CT molecular complexity index is 384. The Kier molecular flexibility index (Phi) is 4.51. The van der Waals surface area contributed by atoms with E-state index in [1.54, 1.807) is 13.2 Å². The Labute approximate surface area is 110 Å². The second-order valence-electron chi connectivity index (χ2n) is 4.83. The number of carbonyl (C=O) groups excluding carboxylic acids is 1. The smallest absolute Gasteiger partial charge is 0.410 e. The molecule has 0 aliphatic heterocycles. The van der Waals surface area contributed by atoms with Crippen LogP contribution >= 0.6 is 15.9 Å². The molecule has 1 heterocycles. The first-order valence-corrected chi connectivity index (χ1v) is 6.12. The van der Waals surface area contributed by atoms with Crippen molar-refractivity contribution < 1.29 is 9.53 Å². The highest BCUT2D eigenvalue weighted by molar-refractivity contribution is 9.10. The van der Waals surface area contributed by atoms with E-state index in [0.717, 1.165) is 10.2 Å². The third kappa shape index (κ3) is 5.17. The Morgan fingerprint density at radius 2 is 2.12 bits per heavy atom. The molecular weight excluding hydrogens is 284 g/mol. The van der Waals surface area contributed by atoms with Crippen LogP contribution in [0.4, 0.5) is 4.79 Å². The molecule has 1 amide bonds. The molecule has 1 rings (SSSR count). The van der Waals surface area contributed by atoms with Gasteiger partial charge in [-0.2, -0.15) is 0 Å². The number of nitrogens with zero attached hydrogens (tertiary/aromatic N) is 2. The van der Waals surface area contributed by atoms with Crippen molar-refractivity contribution in [3.63, 3.8) is 0 Å². The van der Waals surface area contributed by atoms with Crippen LogP contribution in [0.25, 0.3) is 0 Å². The molecule has 0 saturated heterocycles. The number of carbonyl (C=O) groups is 1. The summed E-state index contributed by atoms with van der Waals surface area (Å²) >= 11 is 3.26. The maximum absolute atomic E-state index is 11.7. The molecule has 0 aliphatic rings. The first-order valence-electron chi connectivity index (χ1n) is 5.32. The predicted molar refractivity (Wildman–Crippen MR) is 69.6 cm³/mol. The molecule has 0 aliphatic carbocycles. The van der Waals surface area contributed by atoms with Crippen molar-refractivity contribution in [2.45, 2.75) is 32.9 Å². The molecule has 5 heteroatoms. The summed E-state index contributed by atoms with van der Waals surface area (Å²) in [4.78, 5) is 17.3. The molecule has 0 N–H and O–H groups in total. The molecule has 0 bridgehead atoms. The largest absolute Gasteiger partial charge is 0.444 e. The number of ether oxygens (including phenoxy) is 1. The van der Waals surface area contributed by atoms with E-state index in [-0.39, 0.29) is 6.09 Å². The van der Waals surface area contributed by atoms with Gasteiger partial charge in [0.25, 0.3) is 0 Å². The second kappa shape index (κ2) is 5.49. The first kappa shape index (κ1) is 14.0. The highest BCUT2D eigenvalue weighted by Gasteiger charge is 2.19. The zero-order chi connectivity index (χ0) is 13.1. The van der Waals surface area contributed by atoms with Gasteiger partial charge in [-0.15, -0.1) is 0 Å². The lowest BCUT2D eigenvalue weighted by atomic mass is 10.2. The van der Waals surface area contributed by atoms with Gasteiger partial charge in [0, 0.05) is 13.2 Å². The minimum Gasteiger partial charge on any atom is -0.444 e. The summed E-state index contributed by atoms with van der Waals surface area (Å²) in [7, 11) is 1.70. The van der Waals surface area contributed by atoms with Crippen LogP contribution < -0.4 is 0 Å². The van der Waals surface area contributed by atoms with E-state index in [0.29, 0.717) is 6.54 Å². The second-order valence-corrected chi connectivity index (χ2v) is 5.64. The van der Waals surface area contributed by atoms with Gasteiger partial charge in [-0.1, -0.05) is 6.07 Å². The van der Waals surface area contributed by atoms with E-state index in [9.17, 15) is 4.79 Å². The molecule has 4 nitrogen and oxygen atoms in total. The summed E-state index contributed by atoms with van der Waals surface area (Å²) in [5, 5.41) is 0. The Balaban J connectivity index is 2.57. The van der Waals surface area contributed by atoms with Gasteiger partial charge in [-0.05, 0) is 48.3 Å². The van der Waals surface area contributed by atoms with Gasteiger partial charge >= 0.3 is 6.09 Å². The summed E-state index contributed by atoms with van der Waals surface area (Å²) in [6, 6.07) is 3.76. The van der Waals surface area contributed by atoms with Crippen molar-refractivity contribution in [3.05, 3.63) is 28.5 Å². The molecule has 0 saturated carbocycles. The van der Waals surface area contributed by atoms with Crippen LogP contribution in [0.5, 0.6) is 0 Å².